The fraction of sp³-hybridized carbons (Fsp3) is 0.625. The minimum atomic E-state index is -0.503. The van der Waals surface area contributed by atoms with E-state index in [9.17, 15) is 9.59 Å². The van der Waals surface area contributed by atoms with Gasteiger partial charge in [0.15, 0.2) is 5.69 Å². The van der Waals surface area contributed by atoms with Crippen molar-refractivity contribution in [1.82, 2.24) is 14.9 Å². The smallest absolute Gasteiger partial charge is 0.358 e. The van der Waals surface area contributed by atoms with Gasteiger partial charge in [0.2, 0.25) is 0 Å². The third kappa shape index (κ3) is 5.16. The Morgan fingerprint density at radius 1 is 1.12 bits per heavy atom. The Kier molecular flexibility index (Phi) is 5.71. The van der Waals surface area contributed by atoms with E-state index in [1.54, 1.807) is 6.20 Å². The fourth-order valence-electron chi connectivity index (χ4n) is 2.39. The topological polar surface area (TPSA) is 84.9 Å². The molecule has 1 fully saturated rings. The molecule has 1 aliphatic heterocycles. The Labute approximate surface area is 141 Å². The maximum absolute atomic E-state index is 11.9. The lowest BCUT2D eigenvalue weighted by Gasteiger charge is -2.35. The number of aromatic nitrogens is 2. The Balaban J connectivity index is 1.84. The van der Waals surface area contributed by atoms with Gasteiger partial charge in [-0.3, -0.25) is 9.69 Å². The highest BCUT2D eigenvalue weighted by atomic mass is 16.6. The van der Waals surface area contributed by atoms with Gasteiger partial charge in [-0.15, -0.1) is 0 Å². The van der Waals surface area contributed by atoms with Crippen molar-refractivity contribution in [3.8, 4) is 0 Å². The number of hydrogen-bond acceptors (Lipinski definition) is 8. The molecule has 0 amide bonds. The van der Waals surface area contributed by atoms with Crippen LogP contribution in [-0.2, 0) is 14.3 Å². The summed E-state index contributed by atoms with van der Waals surface area (Å²) in [7, 11) is 1.31. The molecule has 0 spiro atoms. The van der Waals surface area contributed by atoms with Gasteiger partial charge in [0.1, 0.15) is 11.4 Å². The average molecular weight is 336 g/mol. The number of nitrogens with zero attached hydrogens (tertiary/aromatic N) is 4. The van der Waals surface area contributed by atoms with Gasteiger partial charge in [0, 0.05) is 26.2 Å². The van der Waals surface area contributed by atoms with E-state index in [2.05, 4.69) is 24.5 Å². The zero-order chi connectivity index (χ0) is 17.7. The number of piperazine rings is 1. The molecule has 0 bridgehead atoms. The van der Waals surface area contributed by atoms with Crippen LogP contribution in [0.25, 0.3) is 0 Å². The molecule has 0 N–H and O–H groups in total. The summed E-state index contributed by atoms with van der Waals surface area (Å²) in [4.78, 5) is 35.7. The molecular formula is C16H24N4O4. The van der Waals surface area contributed by atoms with Crippen molar-refractivity contribution in [2.45, 2.75) is 26.4 Å². The van der Waals surface area contributed by atoms with Gasteiger partial charge in [-0.1, -0.05) is 0 Å². The quantitative estimate of drug-likeness (QED) is 0.744. The summed E-state index contributed by atoms with van der Waals surface area (Å²) < 4.78 is 9.94. The van der Waals surface area contributed by atoms with E-state index in [-0.39, 0.29) is 18.2 Å². The molecule has 0 radical (unpaired) electrons. The highest BCUT2D eigenvalue weighted by molar-refractivity contribution is 5.86. The molecule has 1 saturated heterocycles. The molecule has 0 aromatic carbocycles. The largest absolute Gasteiger partial charge is 0.464 e. The van der Waals surface area contributed by atoms with Gasteiger partial charge < -0.3 is 14.4 Å². The van der Waals surface area contributed by atoms with Gasteiger partial charge in [-0.05, 0) is 20.8 Å². The van der Waals surface area contributed by atoms with Crippen molar-refractivity contribution >= 4 is 17.8 Å². The summed E-state index contributed by atoms with van der Waals surface area (Å²) in [5.41, 5.74) is -0.277. The van der Waals surface area contributed by atoms with Gasteiger partial charge in [0.25, 0.3) is 0 Å². The Hall–Kier alpha value is -2.22. The fourth-order valence-corrected chi connectivity index (χ4v) is 2.39. The number of anilines is 1. The Morgan fingerprint density at radius 3 is 2.29 bits per heavy atom. The zero-order valence-electron chi connectivity index (χ0n) is 14.6. The van der Waals surface area contributed by atoms with E-state index in [0.717, 1.165) is 26.2 Å². The third-order valence-corrected chi connectivity index (χ3v) is 3.50. The molecule has 132 valence electrons. The predicted octanol–water partition coefficient (Wildman–Crippen LogP) is 0.727. The van der Waals surface area contributed by atoms with Crippen molar-refractivity contribution in [1.29, 1.82) is 0 Å². The molecule has 8 nitrogen and oxygen atoms in total. The average Bonchev–Trinajstić information content (AvgIpc) is 2.53. The van der Waals surface area contributed by atoms with Crippen LogP contribution in [0.5, 0.6) is 0 Å². The highest BCUT2D eigenvalue weighted by Gasteiger charge is 2.23. The first-order valence-corrected chi connectivity index (χ1v) is 7.88. The second kappa shape index (κ2) is 7.57. The molecule has 0 atom stereocenters. The number of carbonyl (C=O) groups excluding carboxylic acids is 2. The molecule has 1 aromatic rings. The first-order chi connectivity index (χ1) is 11.3. The lowest BCUT2D eigenvalue weighted by Crippen LogP contribution is -2.49. The predicted molar refractivity (Wildman–Crippen MR) is 87.9 cm³/mol. The van der Waals surface area contributed by atoms with Crippen molar-refractivity contribution in [2.24, 2.45) is 0 Å². The molecule has 0 unspecified atom stereocenters. The van der Waals surface area contributed by atoms with Crippen molar-refractivity contribution in [3.63, 3.8) is 0 Å². The maximum atomic E-state index is 11.9. The van der Waals surface area contributed by atoms with Crippen LogP contribution in [-0.4, -0.2) is 72.2 Å². The Bertz CT molecular complexity index is 575. The minimum absolute atomic E-state index is 0.185. The van der Waals surface area contributed by atoms with Gasteiger partial charge in [-0.25, -0.2) is 14.8 Å². The zero-order valence-corrected chi connectivity index (χ0v) is 14.6. The molecule has 2 heterocycles. The summed E-state index contributed by atoms with van der Waals surface area (Å²) in [6.07, 6.45) is 2.98. The van der Waals surface area contributed by atoms with Crippen molar-refractivity contribution in [2.75, 3.05) is 44.7 Å². The first-order valence-electron chi connectivity index (χ1n) is 7.88. The van der Waals surface area contributed by atoms with Crippen LogP contribution in [0.4, 0.5) is 5.82 Å². The Morgan fingerprint density at radius 2 is 1.79 bits per heavy atom. The number of carbonyl (C=O) groups is 2. The van der Waals surface area contributed by atoms with E-state index < -0.39 is 11.6 Å². The summed E-state index contributed by atoms with van der Waals surface area (Å²) >= 11 is 0. The molecule has 2 rings (SSSR count). The summed E-state index contributed by atoms with van der Waals surface area (Å²) in [5, 5.41) is 0. The summed E-state index contributed by atoms with van der Waals surface area (Å²) in [5.74, 6) is -0.00558. The van der Waals surface area contributed by atoms with Gasteiger partial charge in [-0.2, -0.15) is 0 Å². The lowest BCUT2D eigenvalue weighted by molar-refractivity contribution is -0.156. The van der Waals surface area contributed by atoms with E-state index in [0.29, 0.717) is 5.82 Å². The van der Waals surface area contributed by atoms with Crippen LogP contribution in [0, 0.1) is 0 Å². The van der Waals surface area contributed by atoms with E-state index in [1.165, 1.54) is 13.3 Å². The number of esters is 2. The summed E-state index contributed by atoms with van der Waals surface area (Å²) in [6, 6.07) is 0. The number of hydrogen-bond donors (Lipinski definition) is 0. The first kappa shape index (κ1) is 18.1. The summed E-state index contributed by atoms with van der Waals surface area (Å²) in [6.45, 7) is 8.81. The van der Waals surface area contributed by atoms with E-state index in [4.69, 9.17) is 4.74 Å². The normalized spacial score (nSPS) is 15.9. The van der Waals surface area contributed by atoms with Crippen LogP contribution in [0.1, 0.15) is 31.3 Å². The van der Waals surface area contributed by atoms with Crippen LogP contribution in [0.3, 0.4) is 0 Å². The lowest BCUT2D eigenvalue weighted by atomic mass is 10.2. The van der Waals surface area contributed by atoms with Crippen LogP contribution in [0.2, 0.25) is 0 Å². The molecule has 0 aliphatic carbocycles. The van der Waals surface area contributed by atoms with Crippen molar-refractivity contribution in [3.05, 3.63) is 18.1 Å². The van der Waals surface area contributed by atoms with Crippen LogP contribution >= 0.6 is 0 Å². The van der Waals surface area contributed by atoms with Gasteiger partial charge >= 0.3 is 11.9 Å². The standard InChI is InChI=1S/C16H24N4O4/c1-16(2,3)24-14(21)11-19-5-7-20(8-6-19)13-10-17-12(9-18-13)15(22)23-4/h9-10H,5-8,11H2,1-4H3. The van der Waals surface area contributed by atoms with Crippen LogP contribution in [0.15, 0.2) is 12.4 Å². The van der Waals surface area contributed by atoms with Crippen LogP contribution < -0.4 is 4.90 Å². The minimum Gasteiger partial charge on any atom is -0.464 e. The monoisotopic (exact) mass is 336 g/mol. The molecule has 1 aliphatic rings. The molecule has 24 heavy (non-hydrogen) atoms. The second-order valence-corrected chi connectivity index (χ2v) is 6.60. The molecular weight excluding hydrogens is 312 g/mol. The van der Waals surface area contributed by atoms with E-state index >= 15 is 0 Å². The molecule has 1 aromatic heterocycles. The SMILES string of the molecule is COC(=O)c1cnc(N2CCN(CC(=O)OC(C)(C)C)CC2)cn1. The molecule has 0 saturated carbocycles. The van der Waals surface area contributed by atoms with Crippen molar-refractivity contribution < 1.29 is 19.1 Å². The number of ether oxygens (including phenoxy) is 2. The maximum Gasteiger partial charge on any atom is 0.358 e. The van der Waals surface area contributed by atoms with E-state index in [1.807, 2.05) is 20.8 Å². The second-order valence-electron chi connectivity index (χ2n) is 6.60. The third-order valence-electron chi connectivity index (χ3n) is 3.50. The number of rotatable bonds is 4. The number of methoxy groups -OCH3 is 1. The highest BCUT2D eigenvalue weighted by Crippen LogP contribution is 2.13. The molecule has 8 heteroatoms. The van der Waals surface area contributed by atoms with Gasteiger partial charge in [0.05, 0.1) is 26.0 Å².